The molecule has 0 aliphatic heterocycles. The zero-order valence-electron chi connectivity index (χ0n) is 25.1. The third-order valence-corrected chi connectivity index (χ3v) is 8.34. The highest BCUT2D eigenvalue weighted by molar-refractivity contribution is 6.15. The SMILES string of the molecule is CC(C)c1cc(C(C)C)c2c(ccc3c(-c4cccc5c4oc4nc(-c6ccccc6)ccc45)nc(C(C)C)nc32)c1. The van der Waals surface area contributed by atoms with Crippen molar-refractivity contribution in [3.63, 3.8) is 0 Å². The summed E-state index contributed by atoms with van der Waals surface area (Å²) in [6.45, 7) is 13.4. The van der Waals surface area contributed by atoms with E-state index in [2.05, 4.69) is 108 Å². The maximum absolute atomic E-state index is 6.57. The fourth-order valence-electron chi connectivity index (χ4n) is 6.01. The van der Waals surface area contributed by atoms with Gasteiger partial charge in [0.1, 0.15) is 11.4 Å². The lowest BCUT2D eigenvalue weighted by Gasteiger charge is -2.18. The Morgan fingerprint density at radius 3 is 2.14 bits per heavy atom. The summed E-state index contributed by atoms with van der Waals surface area (Å²) < 4.78 is 6.57. The Morgan fingerprint density at radius 1 is 0.619 bits per heavy atom. The van der Waals surface area contributed by atoms with Crippen LogP contribution in [0.2, 0.25) is 0 Å². The van der Waals surface area contributed by atoms with Gasteiger partial charge in [0.05, 0.1) is 16.9 Å². The van der Waals surface area contributed by atoms with Gasteiger partial charge in [0.15, 0.2) is 0 Å². The minimum absolute atomic E-state index is 0.172. The molecule has 0 unspecified atom stereocenters. The van der Waals surface area contributed by atoms with Crippen LogP contribution in [0.1, 0.15) is 76.2 Å². The summed E-state index contributed by atoms with van der Waals surface area (Å²) in [5, 5.41) is 5.54. The van der Waals surface area contributed by atoms with Crippen LogP contribution >= 0.6 is 0 Å². The molecule has 0 saturated heterocycles. The first-order chi connectivity index (χ1) is 20.3. The molecular formula is C38H35N3O. The molecular weight excluding hydrogens is 514 g/mol. The second-order valence-corrected chi connectivity index (χ2v) is 12.3. The van der Waals surface area contributed by atoms with Gasteiger partial charge in [0.25, 0.3) is 0 Å². The van der Waals surface area contributed by atoms with E-state index in [9.17, 15) is 0 Å². The van der Waals surface area contributed by atoms with E-state index < -0.39 is 0 Å². The van der Waals surface area contributed by atoms with Gasteiger partial charge in [-0.1, -0.05) is 102 Å². The van der Waals surface area contributed by atoms with Gasteiger partial charge in [-0.2, -0.15) is 0 Å². The number of fused-ring (bicyclic) bond motifs is 6. The predicted molar refractivity (Wildman–Crippen MR) is 175 cm³/mol. The van der Waals surface area contributed by atoms with Crippen molar-refractivity contribution in [3.05, 3.63) is 102 Å². The molecule has 0 N–H and O–H groups in total. The third kappa shape index (κ3) is 4.25. The van der Waals surface area contributed by atoms with Crippen LogP contribution in [-0.4, -0.2) is 15.0 Å². The van der Waals surface area contributed by atoms with Crippen molar-refractivity contribution < 1.29 is 4.42 Å². The first-order valence-corrected chi connectivity index (χ1v) is 15.0. The van der Waals surface area contributed by atoms with E-state index >= 15 is 0 Å². The molecule has 0 aliphatic carbocycles. The van der Waals surface area contributed by atoms with Crippen LogP contribution in [0, 0.1) is 0 Å². The number of pyridine rings is 1. The monoisotopic (exact) mass is 549 g/mol. The first-order valence-electron chi connectivity index (χ1n) is 15.0. The highest BCUT2D eigenvalue weighted by Gasteiger charge is 2.21. The maximum Gasteiger partial charge on any atom is 0.227 e. The second-order valence-electron chi connectivity index (χ2n) is 12.3. The van der Waals surface area contributed by atoms with Gasteiger partial charge in [0.2, 0.25) is 5.71 Å². The average molecular weight is 550 g/mol. The molecule has 7 aromatic rings. The topological polar surface area (TPSA) is 51.8 Å². The van der Waals surface area contributed by atoms with E-state index in [0.29, 0.717) is 17.5 Å². The molecule has 4 heteroatoms. The van der Waals surface area contributed by atoms with E-state index in [1.807, 2.05) is 18.2 Å². The Kier molecular flexibility index (Phi) is 6.31. The summed E-state index contributed by atoms with van der Waals surface area (Å²) in [4.78, 5) is 15.3. The molecule has 3 heterocycles. The molecule has 0 saturated carbocycles. The van der Waals surface area contributed by atoms with Crippen molar-refractivity contribution in [3.8, 4) is 22.5 Å². The summed E-state index contributed by atoms with van der Waals surface area (Å²) in [6, 6.07) is 29.9. The van der Waals surface area contributed by atoms with E-state index in [0.717, 1.165) is 55.6 Å². The third-order valence-electron chi connectivity index (χ3n) is 8.34. The molecule has 208 valence electrons. The fraction of sp³-hybridized carbons (Fsp3) is 0.237. The number of aromatic nitrogens is 3. The van der Waals surface area contributed by atoms with Crippen molar-refractivity contribution in [1.29, 1.82) is 0 Å². The normalized spacial score (nSPS) is 12.2. The fourth-order valence-corrected chi connectivity index (χ4v) is 6.01. The molecule has 0 atom stereocenters. The zero-order chi connectivity index (χ0) is 29.1. The molecule has 3 aromatic heterocycles. The number of para-hydroxylation sites is 1. The van der Waals surface area contributed by atoms with Gasteiger partial charge in [-0.05, 0) is 52.6 Å². The van der Waals surface area contributed by atoms with Crippen LogP contribution in [0.5, 0.6) is 0 Å². The minimum atomic E-state index is 0.172. The summed E-state index contributed by atoms with van der Waals surface area (Å²) in [6.07, 6.45) is 0. The summed E-state index contributed by atoms with van der Waals surface area (Å²) >= 11 is 0. The number of hydrogen-bond donors (Lipinski definition) is 0. The predicted octanol–water partition coefficient (Wildman–Crippen LogP) is 10.8. The molecule has 42 heavy (non-hydrogen) atoms. The van der Waals surface area contributed by atoms with Crippen molar-refractivity contribution in [2.75, 3.05) is 0 Å². The molecule has 0 aliphatic rings. The van der Waals surface area contributed by atoms with Crippen LogP contribution in [0.4, 0.5) is 0 Å². The first kappa shape index (κ1) is 26.3. The Hall–Kier alpha value is -4.57. The van der Waals surface area contributed by atoms with Gasteiger partial charge < -0.3 is 4.42 Å². The van der Waals surface area contributed by atoms with E-state index in [1.54, 1.807) is 0 Å². The smallest absolute Gasteiger partial charge is 0.227 e. The zero-order valence-corrected chi connectivity index (χ0v) is 25.1. The summed E-state index contributed by atoms with van der Waals surface area (Å²) in [5.41, 5.74) is 8.97. The number of furan rings is 1. The lowest BCUT2D eigenvalue weighted by Crippen LogP contribution is -2.03. The molecule has 0 bridgehead atoms. The van der Waals surface area contributed by atoms with E-state index in [4.69, 9.17) is 19.4 Å². The van der Waals surface area contributed by atoms with Gasteiger partial charge in [0, 0.05) is 38.6 Å². The molecule has 7 rings (SSSR count). The maximum atomic E-state index is 6.57. The average Bonchev–Trinajstić information content (AvgIpc) is 3.38. The van der Waals surface area contributed by atoms with Crippen LogP contribution in [0.25, 0.3) is 66.3 Å². The number of nitrogens with zero attached hydrogens (tertiary/aromatic N) is 3. The number of rotatable bonds is 5. The quantitative estimate of drug-likeness (QED) is 0.200. The molecule has 0 radical (unpaired) electrons. The largest absolute Gasteiger partial charge is 0.437 e. The van der Waals surface area contributed by atoms with Crippen molar-refractivity contribution >= 4 is 43.7 Å². The standard InChI is InChI=1S/C38H35N3O/c1-21(2)26-19-25-15-16-29-34(40-37(23(5)6)41-35(29)33(25)31(20-26)22(3)4)30-14-10-13-27-28-17-18-32(24-11-8-7-9-12-24)39-38(28)42-36(27)30/h7-23H,1-6H3. The molecule has 0 amide bonds. The highest BCUT2D eigenvalue weighted by atomic mass is 16.3. The van der Waals surface area contributed by atoms with Gasteiger partial charge in [-0.25, -0.2) is 15.0 Å². The molecule has 4 nitrogen and oxygen atoms in total. The van der Waals surface area contributed by atoms with E-state index in [1.165, 1.54) is 21.9 Å². The number of benzene rings is 4. The van der Waals surface area contributed by atoms with Crippen LogP contribution < -0.4 is 0 Å². The molecule has 0 fully saturated rings. The van der Waals surface area contributed by atoms with E-state index in [-0.39, 0.29) is 5.92 Å². The Labute approximate surface area is 246 Å². The Bertz CT molecular complexity index is 2120. The lowest BCUT2D eigenvalue weighted by atomic mass is 9.88. The molecule has 4 aromatic carbocycles. The summed E-state index contributed by atoms with van der Waals surface area (Å²) in [5.74, 6) is 1.83. The Balaban J connectivity index is 1.53. The number of hydrogen-bond acceptors (Lipinski definition) is 4. The second kappa shape index (κ2) is 10.1. The minimum Gasteiger partial charge on any atom is -0.437 e. The van der Waals surface area contributed by atoms with Crippen molar-refractivity contribution in [1.82, 2.24) is 15.0 Å². The highest BCUT2D eigenvalue weighted by Crippen LogP contribution is 2.41. The van der Waals surface area contributed by atoms with Crippen molar-refractivity contribution in [2.45, 2.75) is 59.3 Å². The van der Waals surface area contributed by atoms with Crippen LogP contribution in [0.15, 0.2) is 89.3 Å². The lowest BCUT2D eigenvalue weighted by molar-refractivity contribution is 0.655. The molecule has 0 spiro atoms. The summed E-state index contributed by atoms with van der Waals surface area (Å²) in [7, 11) is 0. The van der Waals surface area contributed by atoms with Crippen LogP contribution in [-0.2, 0) is 0 Å². The van der Waals surface area contributed by atoms with Gasteiger partial charge in [-0.15, -0.1) is 0 Å². The van der Waals surface area contributed by atoms with Crippen LogP contribution in [0.3, 0.4) is 0 Å². The van der Waals surface area contributed by atoms with Gasteiger partial charge >= 0.3 is 0 Å². The van der Waals surface area contributed by atoms with Gasteiger partial charge in [-0.3, -0.25) is 0 Å². The van der Waals surface area contributed by atoms with Crippen molar-refractivity contribution in [2.24, 2.45) is 0 Å². The Morgan fingerprint density at radius 2 is 1.40 bits per heavy atom.